The van der Waals surface area contributed by atoms with Crippen LogP contribution in [0, 0.1) is 0 Å². The molecule has 0 spiro atoms. The summed E-state index contributed by atoms with van der Waals surface area (Å²) in [5.74, 6) is 0.354. The molecular formula is C11H22O3S. The van der Waals surface area contributed by atoms with E-state index in [0.29, 0.717) is 19.0 Å². The fraction of sp³-hybridized carbons (Fsp3) is 1.00. The maximum absolute atomic E-state index is 11.6. The summed E-state index contributed by atoms with van der Waals surface area (Å²) in [4.78, 5) is 0. The lowest BCUT2D eigenvalue weighted by atomic mass is 10.1. The summed E-state index contributed by atoms with van der Waals surface area (Å²) in [6, 6.07) is 0. The minimum atomic E-state index is -2.84. The van der Waals surface area contributed by atoms with E-state index in [0.717, 1.165) is 12.8 Å². The number of unbranched alkanes of at least 4 members (excludes halogenated alkanes) is 5. The normalized spacial score (nSPS) is 17.7. The summed E-state index contributed by atoms with van der Waals surface area (Å²) >= 11 is 0. The summed E-state index contributed by atoms with van der Waals surface area (Å²) < 4.78 is 28.1. The zero-order valence-electron chi connectivity index (χ0n) is 9.57. The summed E-state index contributed by atoms with van der Waals surface area (Å²) in [5, 5.41) is -0.201. The number of hydrogen-bond acceptors (Lipinski definition) is 3. The van der Waals surface area contributed by atoms with Gasteiger partial charge in [-0.05, 0) is 6.42 Å². The van der Waals surface area contributed by atoms with Gasteiger partial charge < -0.3 is 4.74 Å². The van der Waals surface area contributed by atoms with Gasteiger partial charge >= 0.3 is 0 Å². The van der Waals surface area contributed by atoms with Crippen LogP contribution in [0.25, 0.3) is 0 Å². The molecule has 0 bridgehead atoms. The Hall–Kier alpha value is -0.0900. The predicted molar refractivity (Wildman–Crippen MR) is 61.8 cm³/mol. The van der Waals surface area contributed by atoms with Crippen LogP contribution in [0.15, 0.2) is 0 Å². The minimum absolute atomic E-state index is 0.201. The third kappa shape index (κ3) is 4.51. The molecule has 0 N–H and O–H groups in total. The fourth-order valence-electron chi connectivity index (χ4n) is 1.67. The van der Waals surface area contributed by atoms with Crippen molar-refractivity contribution in [2.45, 2.75) is 50.7 Å². The molecule has 0 amide bonds. The molecule has 0 unspecified atom stereocenters. The minimum Gasteiger partial charge on any atom is -0.379 e. The molecule has 90 valence electrons. The number of sulfone groups is 1. The maximum atomic E-state index is 11.6. The summed E-state index contributed by atoms with van der Waals surface area (Å²) in [7, 11) is -2.84. The Morgan fingerprint density at radius 1 is 1.07 bits per heavy atom. The van der Waals surface area contributed by atoms with Gasteiger partial charge in [-0.25, -0.2) is 8.42 Å². The highest BCUT2D eigenvalue weighted by molar-refractivity contribution is 7.92. The highest BCUT2D eigenvalue weighted by Gasteiger charge is 2.31. The smallest absolute Gasteiger partial charge is 0.157 e. The van der Waals surface area contributed by atoms with Crippen LogP contribution in [0.1, 0.15) is 45.4 Å². The van der Waals surface area contributed by atoms with Gasteiger partial charge in [0.1, 0.15) is 5.25 Å². The first-order valence-corrected chi connectivity index (χ1v) is 7.67. The van der Waals surface area contributed by atoms with E-state index in [-0.39, 0.29) is 5.25 Å². The molecule has 0 radical (unpaired) electrons. The summed E-state index contributed by atoms with van der Waals surface area (Å²) in [5.41, 5.74) is 0. The fourth-order valence-corrected chi connectivity index (χ4v) is 3.22. The van der Waals surface area contributed by atoms with Gasteiger partial charge in [0, 0.05) is 0 Å². The van der Waals surface area contributed by atoms with Gasteiger partial charge in [-0.1, -0.05) is 39.0 Å². The third-order valence-electron chi connectivity index (χ3n) is 2.90. The van der Waals surface area contributed by atoms with Crippen LogP contribution in [0.3, 0.4) is 0 Å². The molecule has 0 aliphatic carbocycles. The lowest BCUT2D eigenvalue weighted by Crippen LogP contribution is -2.41. The molecule has 0 aromatic carbocycles. The van der Waals surface area contributed by atoms with Gasteiger partial charge in [0.15, 0.2) is 9.84 Å². The molecule has 4 heteroatoms. The molecule has 1 saturated heterocycles. The first-order valence-electron chi connectivity index (χ1n) is 5.96. The van der Waals surface area contributed by atoms with Gasteiger partial charge in [-0.15, -0.1) is 0 Å². The second-order valence-electron chi connectivity index (χ2n) is 4.29. The first kappa shape index (κ1) is 13.0. The zero-order chi connectivity index (χ0) is 11.1. The first-order chi connectivity index (χ1) is 7.17. The van der Waals surface area contributed by atoms with Crippen molar-refractivity contribution in [1.82, 2.24) is 0 Å². The van der Waals surface area contributed by atoms with Gasteiger partial charge in [-0.2, -0.15) is 0 Å². The molecule has 15 heavy (non-hydrogen) atoms. The molecular weight excluding hydrogens is 212 g/mol. The van der Waals surface area contributed by atoms with E-state index in [9.17, 15) is 8.42 Å². The van der Waals surface area contributed by atoms with Crippen LogP contribution >= 0.6 is 0 Å². The van der Waals surface area contributed by atoms with E-state index in [4.69, 9.17) is 4.74 Å². The Labute approximate surface area is 93.1 Å². The van der Waals surface area contributed by atoms with Crippen molar-refractivity contribution in [2.75, 3.05) is 19.0 Å². The molecule has 0 atom stereocenters. The topological polar surface area (TPSA) is 43.4 Å². The Morgan fingerprint density at radius 3 is 2.20 bits per heavy atom. The Kier molecular flexibility index (Phi) is 5.61. The highest BCUT2D eigenvalue weighted by atomic mass is 32.2. The van der Waals surface area contributed by atoms with Crippen molar-refractivity contribution in [3.8, 4) is 0 Å². The zero-order valence-corrected chi connectivity index (χ0v) is 10.4. The predicted octanol–water partition coefficient (Wildman–Crippen LogP) is 2.16. The van der Waals surface area contributed by atoms with Crippen molar-refractivity contribution >= 4 is 9.84 Å². The van der Waals surface area contributed by atoms with Gasteiger partial charge in [0.25, 0.3) is 0 Å². The maximum Gasteiger partial charge on any atom is 0.157 e. The van der Waals surface area contributed by atoms with Crippen molar-refractivity contribution in [3.05, 3.63) is 0 Å². The Balaban J connectivity index is 2.03. The van der Waals surface area contributed by atoms with E-state index in [1.54, 1.807) is 0 Å². The molecule has 0 saturated carbocycles. The molecule has 1 aliphatic rings. The van der Waals surface area contributed by atoms with E-state index < -0.39 is 9.84 Å². The Bertz CT molecular complexity index is 255. The largest absolute Gasteiger partial charge is 0.379 e. The van der Waals surface area contributed by atoms with Crippen molar-refractivity contribution in [2.24, 2.45) is 0 Å². The van der Waals surface area contributed by atoms with Gasteiger partial charge in [0.2, 0.25) is 0 Å². The van der Waals surface area contributed by atoms with Crippen LogP contribution in [-0.2, 0) is 14.6 Å². The summed E-state index contributed by atoms with van der Waals surface area (Å²) in [6.45, 7) is 3.01. The second kappa shape index (κ2) is 6.48. The molecule has 1 aliphatic heterocycles. The summed E-state index contributed by atoms with van der Waals surface area (Å²) in [6.07, 6.45) is 6.78. The SMILES string of the molecule is CCCCCCCCS(=O)(=O)C1COC1. The van der Waals surface area contributed by atoms with E-state index in [1.165, 1.54) is 25.7 Å². The van der Waals surface area contributed by atoms with Crippen LogP contribution in [0.4, 0.5) is 0 Å². The van der Waals surface area contributed by atoms with Crippen molar-refractivity contribution < 1.29 is 13.2 Å². The van der Waals surface area contributed by atoms with Gasteiger partial charge in [0.05, 0.1) is 19.0 Å². The van der Waals surface area contributed by atoms with E-state index in [2.05, 4.69) is 6.92 Å². The van der Waals surface area contributed by atoms with Crippen LogP contribution in [-0.4, -0.2) is 32.6 Å². The van der Waals surface area contributed by atoms with Crippen LogP contribution in [0.2, 0.25) is 0 Å². The standard InChI is InChI=1S/C11H22O3S/c1-2-3-4-5-6-7-8-15(12,13)11-9-14-10-11/h11H,2-10H2,1H3. The molecule has 1 fully saturated rings. The highest BCUT2D eigenvalue weighted by Crippen LogP contribution is 2.15. The number of ether oxygens (including phenoxy) is 1. The average Bonchev–Trinajstić information content (AvgIpc) is 2.07. The molecule has 3 nitrogen and oxygen atoms in total. The van der Waals surface area contributed by atoms with Crippen molar-refractivity contribution in [3.63, 3.8) is 0 Å². The van der Waals surface area contributed by atoms with Crippen molar-refractivity contribution in [1.29, 1.82) is 0 Å². The number of rotatable bonds is 8. The molecule has 1 heterocycles. The molecule has 0 aromatic rings. The number of hydrogen-bond donors (Lipinski definition) is 0. The van der Waals surface area contributed by atoms with E-state index >= 15 is 0 Å². The molecule has 1 rings (SSSR count). The molecule has 0 aromatic heterocycles. The van der Waals surface area contributed by atoms with Gasteiger partial charge in [-0.3, -0.25) is 0 Å². The van der Waals surface area contributed by atoms with Crippen LogP contribution in [0.5, 0.6) is 0 Å². The monoisotopic (exact) mass is 234 g/mol. The second-order valence-corrected chi connectivity index (χ2v) is 6.69. The lowest BCUT2D eigenvalue weighted by Gasteiger charge is -2.25. The Morgan fingerprint density at radius 2 is 1.67 bits per heavy atom. The average molecular weight is 234 g/mol. The lowest BCUT2D eigenvalue weighted by molar-refractivity contribution is 0.0416. The quantitative estimate of drug-likeness (QED) is 0.604. The van der Waals surface area contributed by atoms with E-state index in [1.807, 2.05) is 0 Å². The van der Waals surface area contributed by atoms with Crippen LogP contribution < -0.4 is 0 Å². The third-order valence-corrected chi connectivity index (χ3v) is 5.04.